The fourth-order valence-electron chi connectivity index (χ4n) is 5.60. The Kier molecular flexibility index (Phi) is 6.26. The summed E-state index contributed by atoms with van der Waals surface area (Å²) in [7, 11) is 0. The van der Waals surface area contributed by atoms with Gasteiger partial charge in [0.05, 0.1) is 22.4 Å². The molecule has 0 radical (unpaired) electrons. The molecule has 6 aromatic rings. The Morgan fingerprint density at radius 3 is 2.17 bits per heavy atom. The number of benzene rings is 3. The lowest BCUT2D eigenvalue weighted by Gasteiger charge is -2.27. The number of phenols is 1. The Morgan fingerprint density at radius 1 is 0.683 bits per heavy atom. The maximum Gasteiger partial charge on any atom is 0.138 e. The van der Waals surface area contributed by atoms with E-state index in [9.17, 15) is 5.11 Å². The van der Waals surface area contributed by atoms with Gasteiger partial charge in [-0.25, -0.2) is 4.98 Å². The molecule has 1 N–H and O–H groups in total. The molecule has 0 fully saturated rings. The van der Waals surface area contributed by atoms with Crippen molar-refractivity contribution in [3.63, 3.8) is 0 Å². The van der Waals surface area contributed by atoms with Gasteiger partial charge in [0, 0.05) is 33.7 Å². The van der Waals surface area contributed by atoms with Crippen LogP contribution in [-0.2, 0) is 10.8 Å². The van der Waals surface area contributed by atoms with Crippen molar-refractivity contribution >= 4 is 21.8 Å². The molecule has 3 aromatic heterocycles. The first kappa shape index (κ1) is 26.8. The molecular weight excluding hydrogens is 502 g/mol. The summed E-state index contributed by atoms with van der Waals surface area (Å²) < 4.78 is 2.22. The van der Waals surface area contributed by atoms with Gasteiger partial charge in [-0.05, 0) is 71.3 Å². The monoisotopic (exact) mass is 539 g/mol. The lowest BCUT2D eigenvalue weighted by atomic mass is 9.78. The Balaban J connectivity index is 1.60. The van der Waals surface area contributed by atoms with Gasteiger partial charge in [0.15, 0.2) is 0 Å². The molecule has 0 aliphatic carbocycles. The summed E-state index contributed by atoms with van der Waals surface area (Å²) in [6.07, 6.45) is 1.86. The summed E-state index contributed by atoms with van der Waals surface area (Å²) in [6, 6.07) is 29.4. The van der Waals surface area contributed by atoms with E-state index < -0.39 is 0 Å². The van der Waals surface area contributed by atoms with Gasteiger partial charge >= 0.3 is 0 Å². The molecule has 206 valence electrons. The van der Waals surface area contributed by atoms with Gasteiger partial charge in [-0.15, -0.1) is 0 Å². The minimum Gasteiger partial charge on any atom is -0.507 e. The highest BCUT2D eigenvalue weighted by molar-refractivity contribution is 6.10. The first-order chi connectivity index (χ1) is 19.4. The second kappa shape index (κ2) is 9.59. The van der Waals surface area contributed by atoms with Crippen molar-refractivity contribution in [2.45, 2.75) is 59.3 Å². The van der Waals surface area contributed by atoms with Gasteiger partial charge in [0.1, 0.15) is 11.6 Å². The molecule has 6 rings (SSSR count). The van der Waals surface area contributed by atoms with Crippen LogP contribution < -0.4 is 0 Å². The summed E-state index contributed by atoms with van der Waals surface area (Å²) in [5.41, 5.74) is 8.66. The smallest absolute Gasteiger partial charge is 0.138 e. The van der Waals surface area contributed by atoms with Crippen LogP contribution >= 0.6 is 0 Å². The number of fused-ring (bicyclic) bond motifs is 3. The van der Waals surface area contributed by atoms with Crippen LogP contribution in [0.15, 0.2) is 91.1 Å². The second-order valence-corrected chi connectivity index (χ2v) is 13.1. The molecular formula is C37H37N3O. The molecule has 0 atom stereocenters. The number of nitrogens with zero attached hydrogens (tertiary/aromatic N) is 3. The van der Waals surface area contributed by atoms with Crippen molar-refractivity contribution in [3.05, 3.63) is 108 Å². The predicted octanol–water partition coefficient (Wildman–Crippen LogP) is 9.52. The van der Waals surface area contributed by atoms with Gasteiger partial charge in [0.25, 0.3) is 0 Å². The zero-order valence-corrected chi connectivity index (χ0v) is 24.9. The maximum absolute atomic E-state index is 11.6. The number of pyridine rings is 2. The summed E-state index contributed by atoms with van der Waals surface area (Å²) in [5.74, 6) is 1.10. The van der Waals surface area contributed by atoms with Gasteiger partial charge in [-0.2, -0.15) is 0 Å². The van der Waals surface area contributed by atoms with Crippen LogP contribution in [0.3, 0.4) is 0 Å². The first-order valence-electron chi connectivity index (χ1n) is 14.2. The second-order valence-electron chi connectivity index (χ2n) is 13.1. The zero-order valence-electron chi connectivity index (χ0n) is 24.9. The van der Waals surface area contributed by atoms with Crippen molar-refractivity contribution < 1.29 is 5.11 Å². The van der Waals surface area contributed by atoms with Gasteiger partial charge in [0.2, 0.25) is 0 Å². The quantitative estimate of drug-likeness (QED) is 0.244. The normalized spacial score (nSPS) is 12.4. The van der Waals surface area contributed by atoms with Crippen LogP contribution in [0.5, 0.6) is 5.75 Å². The predicted molar refractivity (Wildman–Crippen MR) is 171 cm³/mol. The molecule has 4 heteroatoms. The van der Waals surface area contributed by atoms with E-state index >= 15 is 0 Å². The SMILES string of the molecule is Cc1ccnc(-c2ccc3c4ccccc4n(-c4cccc(-c5cc(C(C)(C)C)cc(C(C)(C)C)c5O)n4)c3c2)c1. The number of rotatable bonds is 3. The number of aryl methyl sites for hydroxylation is 1. The van der Waals surface area contributed by atoms with Crippen molar-refractivity contribution in [3.8, 4) is 34.1 Å². The zero-order chi connectivity index (χ0) is 29.1. The van der Waals surface area contributed by atoms with Crippen molar-refractivity contribution in [1.82, 2.24) is 14.5 Å². The Morgan fingerprint density at radius 2 is 1.44 bits per heavy atom. The number of aromatic nitrogens is 3. The number of hydrogen-bond donors (Lipinski definition) is 1. The van der Waals surface area contributed by atoms with Crippen LogP contribution in [0.1, 0.15) is 58.2 Å². The van der Waals surface area contributed by atoms with Crippen LogP contribution in [0.4, 0.5) is 0 Å². The van der Waals surface area contributed by atoms with E-state index in [0.29, 0.717) is 5.75 Å². The molecule has 0 aliphatic heterocycles. The molecule has 0 amide bonds. The van der Waals surface area contributed by atoms with Crippen molar-refractivity contribution in [2.24, 2.45) is 0 Å². The molecule has 0 aliphatic rings. The van der Waals surface area contributed by atoms with Crippen molar-refractivity contribution in [1.29, 1.82) is 0 Å². The van der Waals surface area contributed by atoms with Crippen LogP contribution in [0.2, 0.25) is 0 Å². The van der Waals surface area contributed by atoms with Crippen LogP contribution in [0.25, 0.3) is 50.1 Å². The Hall–Kier alpha value is -4.44. The third-order valence-corrected chi connectivity index (χ3v) is 7.91. The average Bonchev–Trinajstić information content (AvgIpc) is 3.25. The number of hydrogen-bond acceptors (Lipinski definition) is 3. The average molecular weight is 540 g/mol. The summed E-state index contributed by atoms with van der Waals surface area (Å²) in [5, 5.41) is 13.9. The Bertz CT molecular complexity index is 1930. The Labute approximate surface area is 242 Å². The van der Waals surface area contributed by atoms with E-state index in [4.69, 9.17) is 4.98 Å². The highest BCUT2D eigenvalue weighted by atomic mass is 16.3. The molecule has 0 saturated heterocycles. The lowest BCUT2D eigenvalue weighted by Crippen LogP contribution is -2.17. The first-order valence-corrected chi connectivity index (χ1v) is 14.2. The molecule has 0 spiro atoms. The van der Waals surface area contributed by atoms with E-state index in [2.05, 4.69) is 119 Å². The molecule has 3 aromatic carbocycles. The third kappa shape index (κ3) is 4.78. The molecule has 41 heavy (non-hydrogen) atoms. The molecule has 0 bridgehead atoms. The van der Waals surface area contributed by atoms with E-state index in [0.717, 1.165) is 50.3 Å². The van der Waals surface area contributed by atoms with E-state index in [1.54, 1.807) is 0 Å². The molecule has 0 saturated carbocycles. The van der Waals surface area contributed by atoms with Gasteiger partial charge < -0.3 is 5.11 Å². The van der Waals surface area contributed by atoms with E-state index in [1.807, 2.05) is 30.5 Å². The number of aromatic hydroxyl groups is 1. The van der Waals surface area contributed by atoms with E-state index in [1.165, 1.54) is 16.5 Å². The van der Waals surface area contributed by atoms with E-state index in [-0.39, 0.29) is 10.8 Å². The summed E-state index contributed by atoms with van der Waals surface area (Å²) in [4.78, 5) is 9.84. The number of phenolic OH excluding ortho intramolecular Hbond substituents is 1. The highest BCUT2D eigenvalue weighted by Gasteiger charge is 2.26. The molecule has 0 unspecified atom stereocenters. The fourth-order valence-corrected chi connectivity index (χ4v) is 5.60. The minimum atomic E-state index is -0.217. The van der Waals surface area contributed by atoms with Crippen LogP contribution in [-0.4, -0.2) is 19.6 Å². The minimum absolute atomic E-state index is 0.0763. The lowest BCUT2D eigenvalue weighted by molar-refractivity contribution is 0.446. The van der Waals surface area contributed by atoms with Gasteiger partial charge in [-0.3, -0.25) is 9.55 Å². The third-order valence-electron chi connectivity index (χ3n) is 7.91. The van der Waals surface area contributed by atoms with Crippen LogP contribution in [0, 0.1) is 6.92 Å². The largest absolute Gasteiger partial charge is 0.507 e. The molecule has 4 nitrogen and oxygen atoms in total. The molecule has 3 heterocycles. The fraction of sp³-hybridized carbons (Fsp3) is 0.243. The van der Waals surface area contributed by atoms with Gasteiger partial charge in [-0.1, -0.05) is 84.0 Å². The number of para-hydroxylation sites is 1. The topological polar surface area (TPSA) is 50.9 Å². The summed E-state index contributed by atoms with van der Waals surface area (Å²) in [6.45, 7) is 15.1. The highest BCUT2D eigenvalue weighted by Crippen LogP contribution is 2.42. The summed E-state index contributed by atoms with van der Waals surface area (Å²) >= 11 is 0. The van der Waals surface area contributed by atoms with Crippen molar-refractivity contribution in [2.75, 3.05) is 0 Å². The maximum atomic E-state index is 11.6. The standard InChI is InChI=1S/C37H37N3O/c1-23-17-18-38-31(19-23)24-15-16-27-26-11-8-9-13-32(26)40(33(27)20-24)34-14-10-12-30(39-34)28-21-25(36(2,3)4)22-29(35(28)41)37(5,6)7/h8-22,41H,1-7H3.